The van der Waals surface area contributed by atoms with Gasteiger partial charge in [-0.05, 0) is 13.8 Å². The van der Waals surface area contributed by atoms with Crippen molar-refractivity contribution in [3.8, 4) is 0 Å². The SMILES string of the molecule is C=C(OCC)C1=C(C(=O)O)N2C(=O)[C@H]([C@@H](C)O)[C@H]2C1. The van der Waals surface area contributed by atoms with Crippen molar-refractivity contribution in [3.05, 3.63) is 23.6 Å². The molecule has 2 rings (SSSR count). The number of β-lactam (4-membered cyclic amide) rings is 1. The van der Waals surface area contributed by atoms with Crippen LogP contribution in [-0.2, 0) is 14.3 Å². The molecule has 6 heteroatoms. The Morgan fingerprint density at radius 3 is 2.74 bits per heavy atom. The third kappa shape index (κ3) is 1.92. The van der Waals surface area contributed by atoms with Crippen LogP contribution in [0.1, 0.15) is 20.3 Å². The van der Waals surface area contributed by atoms with Gasteiger partial charge in [-0.2, -0.15) is 0 Å². The molecule has 6 nitrogen and oxygen atoms in total. The summed E-state index contributed by atoms with van der Waals surface area (Å²) in [5, 5.41) is 18.8. The van der Waals surface area contributed by atoms with Crippen molar-refractivity contribution in [1.29, 1.82) is 0 Å². The molecule has 1 amide bonds. The lowest BCUT2D eigenvalue weighted by Crippen LogP contribution is -2.61. The van der Waals surface area contributed by atoms with Crippen LogP contribution in [0.2, 0.25) is 0 Å². The van der Waals surface area contributed by atoms with Crippen molar-refractivity contribution in [1.82, 2.24) is 4.90 Å². The van der Waals surface area contributed by atoms with Crippen molar-refractivity contribution in [3.63, 3.8) is 0 Å². The van der Waals surface area contributed by atoms with Gasteiger partial charge in [-0.25, -0.2) is 4.79 Å². The Labute approximate surface area is 111 Å². The van der Waals surface area contributed by atoms with E-state index in [1.807, 2.05) is 0 Å². The lowest BCUT2D eigenvalue weighted by Gasteiger charge is -2.44. The number of hydrogen-bond acceptors (Lipinski definition) is 4. The van der Waals surface area contributed by atoms with Gasteiger partial charge < -0.3 is 19.8 Å². The Bertz CT molecular complexity index is 479. The van der Waals surface area contributed by atoms with Gasteiger partial charge in [0.2, 0.25) is 5.91 Å². The molecule has 0 saturated carbocycles. The van der Waals surface area contributed by atoms with E-state index >= 15 is 0 Å². The van der Waals surface area contributed by atoms with Gasteiger partial charge in [0.1, 0.15) is 11.5 Å². The minimum Gasteiger partial charge on any atom is -0.494 e. The van der Waals surface area contributed by atoms with Gasteiger partial charge in [-0.3, -0.25) is 4.79 Å². The van der Waals surface area contributed by atoms with Crippen LogP contribution >= 0.6 is 0 Å². The molecule has 1 fully saturated rings. The molecule has 2 heterocycles. The first-order valence-electron chi connectivity index (χ1n) is 6.19. The number of nitrogens with zero attached hydrogens (tertiary/aromatic N) is 1. The number of carbonyl (C=O) groups is 2. The fourth-order valence-corrected chi connectivity index (χ4v) is 2.78. The Kier molecular flexibility index (Phi) is 3.36. The highest BCUT2D eigenvalue weighted by Gasteiger charge is 2.57. The third-order valence-electron chi connectivity index (χ3n) is 3.59. The summed E-state index contributed by atoms with van der Waals surface area (Å²) in [4.78, 5) is 24.5. The summed E-state index contributed by atoms with van der Waals surface area (Å²) in [5.74, 6) is -1.78. The van der Waals surface area contributed by atoms with E-state index in [0.29, 0.717) is 18.6 Å². The Morgan fingerprint density at radius 2 is 2.26 bits per heavy atom. The van der Waals surface area contributed by atoms with Gasteiger partial charge in [0.05, 0.1) is 24.7 Å². The number of aliphatic hydroxyl groups excluding tert-OH is 1. The fourth-order valence-electron chi connectivity index (χ4n) is 2.78. The largest absolute Gasteiger partial charge is 0.494 e. The fraction of sp³-hybridized carbons (Fsp3) is 0.538. The molecule has 0 spiro atoms. The number of ether oxygens (including phenoxy) is 1. The lowest BCUT2D eigenvalue weighted by atomic mass is 9.83. The summed E-state index contributed by atoms with van der Waals surface area (Å²) in [7, 11) is 0. The summed E-state index contributed by atoms with van der Waals surface area (Å²) < 4.78 is 5.25. The van der Waals surface area contributed by atoms with Crippen molar-refractivity contribution in [2.24, 2.45) is 5.92 Å². The predicted molar refractivity (Wildman–Crippen MR) is 65.8 cm³/mol. The number of carboxylic acid groups (broad SMARTS) is 1. The molecule has 3 atom stereocenters. The quantitative estimate of drug-likeness (QED) is 0.559. The Balaban J connectivity index is 2.32. The number of carbonyl (C=O) groups excluding carboxylic acids is 1. The monoisotopic (exact) mass is 267 g/mol. The zero-order valence-electron chi connectivity index (χ0n) is 10.9. The molecular weight excluding hydrogens is 250 g/mol. The molecule has 104 valence electrons. The maximum atomic E-state index is 11.9. The molecule has 2 N–H and O–H groups in total. The van der Waals surface area contributed by atoms with E-state index in [4.69, 9.17) is 4.74 Å². The number of allylic oxidation sites excluding steroid dienone is 1. The molecule has 19 heavy (non-hydrogen) atoms. The second kappa shape index (κ2) is 4.70. The van der Waals surface area contributed by atoms with Crippen LogP contribution in [-0.4, -0.2) is 45.7 Å². The summed E-state index contributed by atoms with van der Waals surface area (Å²) in [6.07, 6.45) is -0.426. The van der Waals surface area contributed by atoms with Gasteiger partial charge in [0.25, 0.3) is 0 Å². The minimum absolute atomic E-state index is 0.0645. The number of amides is 1. The van der Waals surface area contributed by atoms with Crippen LogP contribution in [0, 0.1) is 5.92 Å². The summed E-state index contributed by atoms with van der Waals surface area (Å²) in [6.45, 7) is 7.40. The number of fused-ring (bicyclic) bond motifs is 1. The first-order chi connectivity index (χ1) is 8.90. The van der Waals surface area contributed by atoms with E-state index < -0.39 is 18.0 Å². The maximum absolute atomic E-state index is 11.9. The van der Waals surface area contributed by atoms with E-state index in [1.165, 1.54) is 11.8 Å². The average molecular weight is 267 g/mol. The number of rotatable bonds is 5. The highest BCUT2D eigenvalue weighted by Crippen LogP contribution is 2.45. The van der Waals surface area contributed by atoms with Crippen LogP contribution < -0.4 is 0 Å². The second-order valence-electron chi connectivity index (χ2n) is 4.73. The summed E-state index contributed by atoms with van der Waals surface area (Å²) in [5.41, 5.74) is 0.376. The van der Waals surface area contributed by atoms with Gasteiger partial charge in [-0.15, -0.1) is 0 Å². The van der Waals surface area contributed by atoms with Crippen LogP contribution in [0.4, 0.5) is 0 Å². The average Bonchev–Trinajstić information content (AvgIpc) is 2.64. The molecule has 0 bridgehead atoms. The zero-order chi connectivity index (χ0) is 14.3. The van der Waals surface area contributed by atoms with Crippen molar-refractivity contribution in [2.75, 3.05) is 6.61 Å². The zero-order valence-corrected chi connectivity index (χ0v) is 10.9. The maximum Gasteiger partial charge on any atom is 0.353 e. The highest BCUT2D eigenvalue weighted by atomic mass is 16.5. The van der Waals surface area contributed by atoms with Gasteiger partial charge in [0.15, 0.2) is 0 Å². The van der Waals surface area contributed by atoms with E-state index in [2.05, 4.69) is 6.58 Å². The molecule has 0 radical (unpaired) electrons. The first kappa shape index (κ1) is 13.6. The predicted octanol–water partition coefficient (Wildman–Crippen LogP) is 0.487. The molecule has 0 aliphatic carbocycles. The highest BCUT2D eigenvalue weighted by molar-refractivity contribution is 6.00. The van der Waals surface area contributed by atoms with E-state index in [9.17, 15) is 19.8 Å². The van der Waals surface area contributed by atoms with E-state index in [1.54, 1.807) is 6.92 Å². The molecule has 2 aliphatic rings. The molecule has 2 aliphatic heterocycles. The Hall–Kier alpha value is -1.82. The van der Waals surface area contributed by atoms with E-state index in [0.717, 1.165) is 0 Å². The van der Waals surface area contributed by atoms with Crippen LogP contribution in [0.15, 0.2) is 23.6 Å². The molecule has 1 saturated heterocycles. The number of hydrogen-bond donors (Lipinski definition) is 2. The van der Waals surface area contributed by atoms with Crippen LogP contribution in [0.5, 0.6) is 0 Å². The van der Waals surface area contributed by atoms with Crippen molar-refractivity contribution in [2.45, 2.75) is 32.4 Å². The van der Waals surface area contributed by atoms with Crippen LogP contribution in [0.25, 0.3) is 0 Å². The molecular formula is C13H17NO5. The van der Waals surface area contributed by atoms with Gasteiger partial charge in [-0.1, -0.05) is 6.58 Å². The topological polar surface area (TPSA) is 87.1 Å². The lowest BCUT2D eigenvalue weighted by molar-refractivity contribution is -0.161. The summed E-state index contributed by atoms with van der Waals surface area (Å²) >= 11 is 0. The minimum atomic E-state index is -1.17. The van der Waals surface area contributed by atoms with Crippen LogP contribution in [0.3, 0.4) is 0 Å². The molecule has 0 aromatic heterocycles. The standard InChI is InChI=1S/C13H17NO5/c1-4-19-7(3)8-5-9-10(6(2)15)12(16)14(9)11(8)13(17)18/h6,9-10,15H,3-5H2,1-2H3,(H,17,18)/t6-,9-,10-/m1/s1. The Morgan fingerprint density at radius 1 is 1.63 bits per heavy atom. The molecule has 0 aromatic rings. The van der Waals surface area contributed by atoms with Gasteiger partial charge >= 0.3 is 5.97 Å². The number of aliphatic hydroxyl groups is 1. The number of aliphatic carboxylic acids is 1. The summed E-state index contributed by atoms with van der Waals surface area (Å²) in [6, 6.07) is -0.300. The third-order valence-corrected chi connectivity index (χ3v) is 3.59. The van der Waals surface area contributed by atoms with Crippen molar-refractivity contribution >= 4 is 11.9 Å². The normalized spacial score (nSPS) is 26.9. The van der Waals surface area contributed by atoms with Gasteiger partial charge in [0, 0.05) is 12.0 Å². The first-order valence-corrected chi connectivity index (χ1v) is 6.19. The second-order valence-corrected chi connectivity index (χ2v) is 4.73. The van der Waals surface area contributed by atoms with E-state index in [-0.39, 0.29) is 23.4 Å². The molecule has 0 aromatic carbocycles. The molecule has 0 unspecified atom stereocenters. The smallest absolute Gasteiger partial charge is 0.353 e. The number of carboxylic acids is 1. The van der Waals surface area contributed by atoms with Crippen molar-refractivity contribution < 1.29 is 24.5 Å².